The molecule has 0 saturated carbocycles. The minimum absolute atomic E-state index is 1.11. The van der Waals surface area contributed by atoms with E-state index >= 15 is 0 Å². The zero-order valence-corrected chi connectivity index (χ0v) is 7.35. The quantitative estimate of drug-likeness (QED) is 0.660. The Bertz CT molecular complexity index is 267. The van der Waals surface area contributed by atoms with Gasteiger partial charge in [0.25, 0.3) is 0 Å². The molecule has 0 amide bonds. The van der Waals surface area contributed by atoms with E-state index in [2.05, 4.69) is 28.8 Å². The predicted octanol–water partition coefficient (Wildman–Crippen LogP) is 2.09. The second kappa shape index (κ2) is 3.05. The van der Waals surface area contributed by atoms with Crippen LogP contribution in [-0.2, 0) is 6.42 Å². The third-order valence-corrected chi connectivity index (χ3v) is 2.36. The van der Waals surface area contributed by atoms with E-state index in [1.54, 1.807) is 0 Å². The van der Waals surface area contributed by atoms with Crippen molar-refractivity contribution in [3.05, 3.63) is 23.8 Å². The van der Waals surface area contributed by atoms with Crippen LogP contribution in [0.3, 0.4) is 0 Å². The highest BCUT2D eigenvalue weighted by Crippen LogP contribution is 2.28. The molecule has 0 unspecified atom stereocenters. The van der Waals surface area contributed by atoms with E-state index in [1.807, 2.05) is 7.05 Å². The summed E-state index contributed by atoms with van der Waals surface area (Å²) in [6.07, 6.45) is 2.44. The fraction of sp³-hybridized carbons (Fsp3) is 0.400. The van der Waals surface area contributed by atoms with Crippen molar-refractivity contribution in [3.8, 4) is 0 Å². The molecule has 0 aromatic heterocycles. The van der Waals surface area contributed by atoms with Gasteiger partial charge in [0.15, 0.2) is 0 Å². The van der Waals surface area contributed by atoms with Gasteiger partial charge in [-0.3, -0.25) is 0 Å². The lowest BCUT2D eigenvalue weighted by molar-refractivity contribution is 0.831. The lowest BCUT2D eigenvalue weighted by Crippen LogP contribution is -2.12. The Morgan fingerprint density at radius 1 is 1.42 bits per heavy atom. The molecule has 1 aliphatic rings. The van der Waals surface area contributed by atoms with Crippen LogP contribution in [0.25, 0.3) is 0 Å². The summed E-state index contributed by atoms with van der Waals surface area (Å²) < 4.78 is 0. The highest BCUT2D eigenvalue weighted by Gasteiger charge is 2.10. The van der Waals surface area contributed by atoms with Crippen molar-refractivity contribution >= 4 is 11.4 Å². The van der Waals surface area contributed by atoms with Gasteiger partial charge in [-0.2, -0.15) is 0 Å². The molecule has 2 nitrogen and oxygen atoms in total. The second-order valence-corrected chi connectivity index (χ2v) is 3.11. The molecular weight excluding hydrogens is 148 g/mol. The topological polar surface area (TPSA) is 24.1 Å². The summed E-state index contributed by atoms with van der Waals surface area (Å²) in [5.74, 6) is 0. The Morgan fingerprint density at radius 2 is 2.33 bits per heavy atom. The molecule has 64 valence electrons. The largest absolute Gasteiger partial charge is 0.388 e. The molecule has 0 fully saturated rings. The number of anilines is 2. The molecule has 0 bridgehead atoms. The summed E-state index contributed by atoms with van der Waals surface area (Å²) in [4.78, 5) is 0. The minimum atomic E-state index is 1.11. The molecular formula is C10H14N2. The highest BCUT2D eigenvalue weighted by molar-refractivity contribution is 5.66. The number of rotatable bonds is 1. The van der Waals surface area contributed by atoms with Gasteiger partial charge in [0.05, 0.1) is 0 Å². The van der Waals surface area contributed by atoms with E-state index in [-0.39, 0.29) is 0 Å². The van der Waals surface area contributed by atoms with E-state index in [4.69, 9.17) is 0 Å². The van der Waals surface area contributed by atoms with Gasteiger partial charge in [0, 0.05) is 25.0 Å². The maximum absolute atomic E-state index is 3.40. The molecule has 0 spiro atoms. The maximum atomic E-state index is 3.40. The third kappa shape index (κ3) is 1.13. The summed E-state index contributed by atoms with van der Waals surface area (Å²) in [5, 5.41) is 6.61. The highest BCUT2D eigenvalue weighted by atomic mass is 14.9. The SMILES string of the molecule is CNc1cccc2c1CCCN2. The summed E-state index contributed by atoms with van der Waals surface area (Å²) in [5.41, 5.74) is 4.00. The number of fused-ring (bicyclic) bond motifs is 1. The van der Waals surface area contributed by atoms with Crippen LogP contribution in [-0.4, -0.2) is 13.6 Å². The lowest BCUT2D eigenvalue weighted by Gasteiger charge is -2.20. The van der Waals surface area contributed by atoms with E-state index in [9.17, 15) is 0 Å². The van der Waals surface area contributed by atoms with Gasteiger partial charge in [0.1, 0.15) is 0 Å². The Hall–Kier alpha value is -1.18. The van der Waals surface area contributed by atoms with E-state index in [0.29, 0.717) is 0 Å². The van der Waals surface area contributed by atoms with Crippen molar-refractivity contribution in [2.24, 2.45) is 0 Å². The summed E-state index contributed by atoms with van der Waals surface area (Å²) >= 11 is 0. The first-order valence-corrected chi connectivity index (χ1v) is 4.45. The van der Waals surface area contributed by atoms with Crippen LogP contribution in [0.15, 0.2) is 18.2 Å². The molecule has 0 saturated heterocycles. The van der Waals surface area contributed by atoms with Crippen molar-refractivity contribution in [1.82, 2.24) is 0 Å². The minimum Gasteiger partial charge on any atom is -0.388 e. The molecule has 2 rings (SSSR count). The van der Waals surface area contributed by atoms with Crippen LogP contribution in [0.4, 0.5) is 11.4 Å². The van der Waals surface area contributed by atoms with Gasteiger partial charge in [-0.15, -0.1) is 0 Å². The van der Waals surface area contributed by atoms with Crippen LogP contribution in [0.1, 0.15) is 12.0 Å². The van der Waals surface area contributed by atoms with Crippen molar-refractivity contribution in [1.29, 1.82) is 0 Å². The van der Waals surface area contributed by atoms with Crippen molar-refractivity contribution in [2.45, 2.75) is 12.8 Å². The summed E-state index contributed by atoms with van der Waals surface area (Å²) in [6.45, 7) is 1.11. The Balaban J connectivity index is 2.44. The summed E-state index contributed by atoms with van der Waals surface area (Å²) in [6, 6.07) is 6.37. The maximum Gasteiger partial charge on any atom is 0.0393 e. The third-order valence-electron chi connectivity index (χ3n) is 2.36. The zero-order valence-electron chi connectivity index (χ0n) is 7.35. The zero-order chi connectivity index (χ0) is 8.39. The van der Waals surface area contributed by atoms with Gasteiger partial charge in [-0.25, -0.2) is 0 Å². The van der Waals surface area contributed by atoms with Crippen LogP contribution in [0.5, 0.6) is 0 Å². The van der Waals surface area contributed by atoms with Gasteiger partial charge < -0.3 is 10.6 Å². The molecule has 0 aliphatic carbocycles. The predicted molar refractivity (Wildman–Crippen MR) is 52.8 cm³/mol. The monoisotopic (exact) mass is 162 g/mol. The first-order valence-electron chi connectivity index (χ1n) is 4.45. The first-order chi connectivity index (χ1) is 5.92. The molecule has 12 heavy (non-hydrogen) atoms. The molecule has 1 aromatic carbocycles. The summed E-state index contributed by atoms with van der Waals surface area (Å²) in [7, 11) is 1.98. The van der Waals surface area contributed by atoms with Crippen molar-refractivity contribution in [3.63, 3.8) is 0 Å². The smallest absolute Gasteiger partial charge is 0.0393 e. The van der Waals surface area contributed by atoms with Crippen LogP contribution < -0.4 is 10.6 Å². The van der Waals surface area contributed by atoms with Crippen LogP contribution >= 0.6 is 0 Å². The van der Waals surface area contributed by atoms with Gasteiger partial charge in [0.2, 0.25) is 0 Å². The number of benzene rings is 1. The van der Waals surface area contributed by atoms with Gasteiger partial charge in [-0.05, 0) is 30.5 Å². The fourth-order valence-electron chi connectivity index (χ4n) is 1.74. The molecule has 0 radical (unpaired) electrons. The average Bonchev–Trinajstić information content (AvgIpc) is 2.17. The van der Waals surface area contributed by atoms with E-state index in [1.165, 1.54) is 29.8 Å². The Kier molecular flexibility index (Phi) is 1.90. The lowest BCUT2D eigenvalue weighted by atomic mass is 10.0. The molecule has 2 heteroatoms. The van der Waals surface area contributed by atoms with Gasteiger partial charge in [-0.1, -0.05) is 6.07 Å². The van der Waals surface area contributed by atoms with Crippen molar-refractivity contribution < 1.29 is 0 Å². The van der Waals surface area contributed by atoms with E-state index in [0.717, 1.165) is 6.54 Å². The standard InChI is InChI=1S/C10H14N2/c1-11-9-5-2-6-10-8(9)4-3-7-12-10/h2,5-6,11-12H,3-4,7H2,1H3. The number of hydrogen-bond donors (Lipinski definition) is 2. The Labute approximate surface area is 73.0 Å². The molecule has 0 atom stereocenters. The van der Waals surface area contributed by atoms with E-state index < -0.39 is 0 Å². The number of hydrogen-bond acceptors (Lipinski definition) is 2. The van der Waals surface area contributed by atoms with Gasteiger partial charge >= 0.3 is 0 Å². The van der Waals surface area contributed by atoms with Crippen molar-refractivity contribution in [2.75, 3.05) is 24.2 Å². The molecule has 1 aliphatic heterocycles. The van der Waals surface area contributed by atoms with Crippen LogP contribution in [0, 0.1) is 0 Å². The second-order valence-electron chi connectivity index (χ2n) is 3.11. The normalized spacial score (nSPS) is 14.8. The molecule has 1 heterocycles. The fourth-order valence-corrected chi connectivity index (χ4v) is 1.74. The van der Waals surface area contributed by atoms with Crippen LogP contribution in [0.2, 0.25) is 0 Å². The average molecular weight is 162 g/mol. The molecule has 2 N–H and O–H groups in total. The molecule has 1 aromatic rings. The first kappa shape index (κ1) is 7.47. The Morgan fingerprint density at radius 3 is 3.17 bits per heavy atom. The number of nitrogens with one attached hydrogen (secondary N) is 2.